The molecule has 0 aromatic carbocycles. The quantitative estimate of drug-likeness (QED) is 0.521. The average Bonchev–Trinajstić information content (AvgIpc) is 1.80. The van der Waals surface area contributed by atoms with Crippen molar-refractivity contribution in [2.45, 2.75) is 13.8 Å². The highest BCUT2D eigenvalue weighted by Gasteiger charge is 1.91. The molecule has 0 radical (unpaired) electrons. The van der Waals surface area contributed by atoms with Crippen molar-refractivity contribution in [3.63, 3.8) is 0 Å². The van der Waals surface area contributed by atoms with Gasteiger partial charge in [0.2, 0.25) is 0 Å². The Morgan fingerprint density at radius 3 is 2.44 bits per heavy atom. The fourth-order valence-electron chi connectivity index (χ4n) is 0.564. The van der Waals surface area contributed by atoms with E-state index >= 15 is 0 Å². The van der Waals surface area contributed by atoms with Gasteiger partial charge in [-0.1, -0.05) is 0 Å². The summed E-state index contributed by atoms with van der Waals surface area (Å²) in [6.07, 6.45) is 1.47. The van der Waals surface area contributed by atoms with Gasteiger partial charge in [-0.25, -0.2) is 4.79 Å². The van der Waals surface area contributed by atoms with Gasteiger partial charge in [0.15, 0.2) is 0 Å². The summed E-state index contributed by atoms with van der Waals surface area (Å²) in [4.78, 5) is 10.5. The normalized spacial score (nSPS) is 9.56. The first-order chi connectivity index (χ1) is 4.20. The van der Waals surface area contributed by atoms with Crippen molar-refractivity contribution in [2.24, 2.45) is 0 Å². The molecule has 1 aromatic heterocycles. The maximum atomic E-state index is 10.5. The zero-order valence-electron chi connectivity index (χ0n) is 5.47. The van der Waals surface area contributed by atoms with E-state index in [2.05, 4.69) is 4.42 Å². The summed E-state index contributed by atoms with van der Waals surface area (Å²) in [5.41, 5.74) is 1.71. The topological polar surface area (TPSA) is 30.2 Å². The summed E-state index contributed by atoms with van der Waals surface area (Å²) < 4.78 is 4.58. The van der Waals surface area contributed by atoms with E-state index in [1.165, 1.54) is 12.3 Å². The van der Waals surface area contributed by atoms with Gasteiger partial charge < -0.3 is 4.42 Å². The largest absolute Gasteiger partial charge is 0.431 e. The molecule has 1 heterocycles. The lowest BCUT2D eigenvalue weighted by molar-refractivity contribution is 0.505. The van der Waals surface area contributed by atoms with Gasteiger partial charge in [0, 0.05) is 6.07 Å². The van der Waals surface area contributed by atoms with Gasteiger partial charge in [-0.05, 0) is 25.0 Å². The third kappa shape index (κ3) is 1.19. The highest BCUT2D eigenvalue weighted by Crippen LogP contribution is 1.99. The molecule has 0 aliphatic heterocycles. The molecule has 0 atom stereocenters. The van der Waals surface area contributed by atoms with E-state index in [0.29, 0.717) is 0 Å². The van der Waals surface area contributed by atoms with E-state index < -0.39 is 0 Å². The Kier molecular flexibility index (Phi) is 1.39. The Bertz CT molecular complexity index is 260. The number of aryl methyl sites for hydroxylation is 2. The van der Waals surface area contributed by atoms with E-state index in [4.69, 9.17) is 0 Å². The van der Waals surface area contributed by atoms with Crippen molar-refractivity contribution in [1.29, 1.82) is 0 Å². The minimum absolute atomic E-state index is 0.280. The van der Waals surface area contributed by atoms with Crippen LogP contribution in [-0.2, 0) is 0 Å². The molecule has 0 fully saturated rings. The summed E-state index contributed by atoms with van der Waals surface area (Å²) in [5.74, 6) is 0. The molecular formula is C7H8O2. The van der Waals surface area contributed by atoms with Crippen molar-refractivity contribution in [3.05, 3.63) is 33.9 Å². The van der Waals surface area contributed by atoms with Crippen LogP contribution in [0.2, 0.25) is 0 Å². The molecule has 0 aliphatic rings. The Hall–Kier alpha value is -1.05. The molecular weight excluding hydrogens is 116 g/mol. The molecule has 0 aliphatic carbocycles. The second-order valence-electron chi connectivity index (χ2n) is 2.07. The Morgan fingerprint density at radius 2 is 2.00 bits per heavy atom. The minimum atomic E-state index is -0.280. The Balaban J connectivity index is 3.34. The molecule has 2 heteroatoms. The molecule has 1 rings (SSSR count). The second-order valence-corrected chi connectivity index (χ2v) is 2.07. The summed E-state index contributed by atoms with van der Waals surface area (Å²) in [6.45, 7) is 3.78. The van der Waals surface area contributed by atoms with E-state index in [1.54, 1.807) is 0 Å². The maximum Gasteiger partial charge on any atom is 0.335 e. The van der Waals surface area contributed by atoms with Gasteiger partial charge in [-0.2, -0.15) is 0 Å². The minimum Gasteiger partial charge on any atom is -0.431 e. The SMILES string of the molecule is Cc1coc(=O)cc1C. The molecule has 0 bridgehead atoms. The Morgan fingerprint density at radius 1 is 1.33 bits per heavy atom. The van der Waals surface area contributed by atoms with E-state index in [1.807, 2.05) is 13.8 Å². The smallest absolute Gasteiger partial charge is 0.335 e. The van der Waals surface area contributed by atoms with Gasteiger partial charge in [0.1, 0.15) is 0 Å². The van der Waals surface area contributed by atoms with Crippen molar-refractivity contribution < 1.29 is 4.42 Å². The number of rotatable bonds is 0. The van der Waals surface area contributed by atoms with Crippen LogP contribution in [0.25, 0.3) is 0 Å². The highest BCUT2D eigenvalue weighted by molar-refractivity contribution is 5.17. The van der Waals surface area contributed by atoms with Crippen LogP contribution in [0.5, 0.6) is 0 Å². The first-order valence-corrected chi connectivity index (χ1v) is 2.76. The summed E-state index contributed by atoms with van der Waals surface area (Å²) in [7, 11) is 0. The second kappa shape index (κ2) is 2.05. The van der Waals surface area contributed by atoms with E-state index in [0.717, 1.165) is 11.1 Å². The molecule has 0 saturated heterocycles. The lowest BCUT2D eigenvalue weighted by atomic mass is 10.2. The first kappa shape index (κ1) is 6.08. The summed E-state index contributed by atoms with van der Waals surface area (Å²) in [6, 6.07) is 1.48. The van der Waals surface area contributed by atoms with Gasteiger partial charge >= 0.3 is 5.63 Å². The first-order valence-electron chi connectivity index (χ1n) is 2.76. The van der Waals surface area contributed by atoms with Gasteiger partial charge in [0.05, 0.1) is 6.26 Å². The van der Waals surface area contributed by atoms with Crippen molar-refractivity contribution in [1.82, 2.24) is 0 Å². The molecule has 0 saturated carbocycles. The van der Waals surface area contributed by atoms with Crippen LogP contribution in [0, 0.1) is 13.8 Å². The third-order valence-corrected chi connectivity index (χ3v) is 1.31. The predicted octanol–water partition coefficient (Wildman–Crippen LogP) is 1.26. The van der Waals surface area contributed by atoms with E-state index in [9.17, 15) is 4.79 Å². The zero-order valence-corrected chi connectivity index (χ0v) is 5.47. The molecule has 1 aromatic rings. The Labute approximate surface area is 53.1 Å². The molecule has 48 valence electrons. The number of hydrogen-bond acceptors (Lipinski definition) is 2. The van der Waals surface area contributed by atoms with Crippen LogP contribution < -0.4 is 5.63 Å². The lowest BCUT2D eigenvalue weighted by Gasteiger charge is -1.92. The highest BCUT2D eigenvalue weighted by atomic mass is 16.4. The standard InChI is InChI=1S/C7H8O2/c1-5-3-7(8)9-4-6(5)2/h3-4H,1-2H3. The maximum absolute atomic E-state index is 10.5. The average molecular weight is 124 g/mol. The molecule has 0 unspecified atom stereocenters. The number of hydrogen-bond donors (Lipinski definition) is 0. The zero-order chi connectivity index (χ0) is 6.85. The lowest BCUT2D eigenvalue weighted by Crippen LogP contribution is -1.97. The van der Waals surface area contributed by atoms with E-state index in [-0.39, 0.29) is 5.63 Å². The van der Waals surface area contributed by atoms with Crippen LogP contribution in [-0.4, -0.2) is 0 Å². The summed E-state index contributed by atoms with van der Waals surface area (Å²) >= 11 is 0. The fraction of sp³-hybridized carbons (Fsp3) is 0.286. The van der Waals surface area contributed by atoms with Crippen LogP contribution in [0.3, 0.4) is 0 Å². The van der Waals surface area contributed by atoms with Crippen LogP contribution >= 0.6 is 0 Å². The molecule has 0 spiro atoms. The molecule has 0 N–H and O–H groups in total. The van der Waals surface area contributed by atoms with Gasteiger partial charge in [-0.15, -0.1) is 0 Å². The van der Waals surface area contributed by atoms with Crippen molar-refractivity contribution >= 4 is 0 Å². The summed E-state index contributed by atoms with van der Waals surface area (Å²) in [5, 5.41) is 0. The third-order valence-electron chi connectivity index (χ3n) is 1.31. The van der Waals surface area contributed by atoms with Crippen LogP contribution in [0.1, 0.15) is 11.1 Å². The van der Waals surface area contributed by atoms with Gasteiger partial charge in [-0.3, -0.25) is 0 Å². The van der Waals surface area contributed by atoms with Crippen LogP contribution in [0.4, 0.5) is 0 Å². The molecule has 0 amide bonds. The van der Waals surface area contributed by atoms with Gasteiger partial charge in [0.25, 0.3) is 0 Å². The predicted molar refractivity (Wildman–Crippen MR) is 34.5 cm³/mol. The fourth-order valence-corrected chi connectivity index (χ4v) is 0.564. The van der Waals surface area contributed by atoms with Crippen molar-refractivity contribution in [2.75, 3.05) is 0 Å². The monoisotopic (exact) mass is 124 g/mol. The molecule has 2 nitrogen and oxygen atoms in total. The molecule has 9 heavy (non-hydrogen) atoms. The van der Waals surface area contributed by atoms with Crippen molar-refractivity contribution in [3.8, 4) is 0 Å². The van der Waals surface area contributed by atoms with Crippen LogP contribution in [0.15, 0.2) is 21.5 Å².